The van der Waals surface area contributed by atoms with Gasteiger partial charge in [0.25, 0.3) is 0 Å². The van der Waals surface area contributed by atoms with Crippen LogP contribution in [0.15, 0.2) is 24.3 Å². The summed E-state index contributed by atoms with van der Waals surface area (Å²) in [6, 6.07) is 6.39. The highest BCUT2D eigenvalue weighted by Gasteiger charge is 2.36. The van der Waals surface area contributed by atoms with Crippen molar-refractivity contribution >= 4 is 27.8 Å². The third-order valence-electron chi connectivity index (χ3n) is 3.36. The number of likely N-dealkylation sites (tertiary alicyclic amines) is 1. The highest BCUT2D eigenvalue weighted by atomic mass is 79.9. The summed E-state index contributed by atoms with van der Waals surface area (Å²) < 4.78 is 5.07. The summed E-state index contributed by atoms with van der Waals surface area (Å²) in [5.41, 5.74) is 0.865. The second kappa shape index (κ2) is 6.26. The second-order valence-corrected chi connectivity index (χ2v) is 6.05. The fourth-order valence-corrected chi connectivity index (χ4v) is 2.89. The number of carbonyl (C=O) groups is 2. The fourth-order valence-electron chi connectivity index (χ4n) is 2.30. The summed E-state index contributed by atoms with van der Waals surface area (Å²) in [5, 5.41) is 9.37. The minimum absolute atomic E-state index is 0.0349. The second-order valence-electron chi connectivity index (χ2n) is 4.75. The first-order valence-electron chi connectivity index (χ1n) is 6.30. The molecule has 1 amide bonds. The van der Waals surface area contributed by atoms with Gasteiger partial charge in [0.15, 0.2) is 0 Å². The van der Waals surface area contributed by atoms with Crippen LogP contribution in [0.3, 0.4) is 0 Å². The van der Waals surface area contributed by atoms with Gasteiger partial charge in [-0.2, -0.15) is 0 Å². The van der Waals surface area contributed by atoms with Crippen molar-refractivity contribution in [3.8, 4) is 5.75 Å². The molecule has 1 aromatic rings. The molecule has 1 aliphatic rings. The lowest BCUT2D eigenvalue weighted by molar-refractivity contribution is -0.148. The number of carboxylic acids is 1. The van der Waals surface area contributed by atoms with E-state index in [4.69, 9.17) is 4.74 Å². The first-order chi connectivity index (χ1) is 9.51. The Labute approximate surface area is 125 Å². The van der Waals surface area contributed by atoms with Crippen molar-refractivity contribution in [2.75, 3.05) is 13.7 Å². The summed E-state index contributed by atoms with van der Waals surface area (Å²) in [5.74, 6) is -0.373. The minimum atomic E-state index is -0.976. The maximum absolute atomic E-state index is 11.8. The van der Waals surface area contributed by atoms with E-state index in [-0.39, 0.29) is 10.7 Å². The predicted octanol–water partition coefficient (Wildman–Crippen LogP) is 1.69. The number of ether oxygens (including phenoxy) is 1. The van der Waals surface area contributed by atoms with E-state index in [1.54, 1.807) is 19.2 Å². The number of carbonyl (C=O) groups excluding carboxylic acids is 1. The van der Waals surface area contributed by atoms with Crippen molar-refractivity contribution in [3.63, 3.8) is 0 Å². The van der Waals surface area contributed by atoms with Crippen molar-refractivity contribution in [2.45, 2.75) is 23.7 Å². The van der Waals surface area contributed by atoms with Gasteiger partial charge in [0.2, 0.25) is 5.91 Å². The molecule has 1 N–H and O–H groups in total. The third-order valence-corrected chi connectivity index (χ3v) is 3.97. The van der Waals surface area contributed by atoms with E-state index in [1.165, 1.54) is 4.90 Å². The van der Waals surface area contributed by atoms with Crippen molar-refractivity contribution in [1.29, 1.82) is 0 Å². The number of alkyl halides is 1. The van der Waals surface area contributed by atoms with Gasteiger partial charge in [0, 0.05) is 24.2 Å². The molecule has 108 valence electrons. The normalized spacial score (nSPS) is 20.0. The average Bonchev–Trinajstić information content (AvgIpc) is 2.75. The number of rotatable bonds is 5. The molecule has 5 nitrogen and oxygen atoms in total. The van der Waals surface area contributed by atoms with Gasteiger partial charge in [-0.05, 0) is 17.7 Å². The van der Waals surface area contributed by atoms with Crippen LogP contribution in [0.25, 0.3) is 0 Å². The maximum atomic E-state index is 11.8. The van der Waals surface area contributed by atoms with Crippen LogP contribution in [0.2, 0.25) is 0 Å². The van der Waals surface area contributed by atoms with Gasteiger partial charge in [-0.25, -0.2) is 4.79 Å². The lowest BCUT2D eigenvalue weighted by Crippen LogP contribution is -2.43. The first kappa shape index (κ1) is 14.8. The number of aliphatic carboxylic acids is 1. The molecule has 0 spiro atoms. The predicted molar refractivity (Wildman–Crippen MR) is 77.2 cm³/mol. The Morgan fingerprint density at radius 1 is 1.50 bits per heavy atom. The summed E-state index contributed by atoms with van der Waals surface area (Å²) in [6.45, 7) is 0.436. The van der Waals surface area contributed by atoms with E-state index in [1.807, 2.05) is 12.1 Å². The summed E-state index contributed by atoms with van der Waals surface area (Å²) in [7, 11) is 1.58. The standard InChI is InChI=1S/C14H16BrNO4/c1-20-11-4-2-9(3-5-11)6-12(14(18)19)16-8-10(15)7-13(16)17/h2-5,10,12H,6-8H2,1H3,(H,18,19)/t10?,12-/m0/s1. The van der Waals surface area contributed by atoms with Crippen molar-refractivity contribution in [2.24, 2.45) is 0 Å². The zero-order valence-electron chi connectivity index (χ0n) is 11.1. The lowest BCUT2D eigenvalue weighted by atomic mass is 10.0. The molecule has 20 heavy (non-hydrogen) atoms. The van der Waals surface area contributed by atoms with E-state index in [0.717, 1.165) is 11.3 Å². The smallest absolute Gasteiger partial charge is 0.326 e. The molecule has 1 fully saturated rings. The van der Waals surface area contributed by atoms with Crippen LogP contribution in [0.1, 0.15) is 12.0 Å². The van der Waals surface area contributed by atoms with Crippen LogP contribution in [0.4, 0.5) is 0 Å². The van der Waals surface area contributed by atoms with Gasteiger partial charge in [-0.15, -0.1) is 0 Å². The van der Waals surface area contributed by atoms with Crippen LogP contribution in [0.5, 0.6) is 5.75 Å². The highest BCUT2D eigenvalue weighted by molar-refractivity contribution is 9.09. The quantitative estimate of drug-likeness (QED) is 0.827. The molecule has 6 heteroatoms. The Kier molecular flexibility index (Phi) is 4.65. The molecule has 0 aliphatic carbocycles. The van der Waals surface area contributed by atoms with Gasteiger partial charge >= 0.3 is 5.97 Å². The summed E-state index contributed by atoms with van der Waals surface area (Å²) in [4.78, 5) is 24.7. The number of nitrogens with zero attached hydrogens (tertiary/aromatic N) is 1. The Morgan fingerprint density at radius 3 is 2.60 bits per heavy atom. The van der Waals surface area contributed by atoms with Crippen molar-refractivity contribution in [1.82, 2.24) is 4.90 Å². The van der Waals surface area contributed by atoms with Crippen molar-refractivity contribution in [3.05, 3.63) is 29.8 Å². The first-order valence-corrected chi connectivity index (χ1v) is 7.22. The molecular weight excluding hydrogens is 326 g/mol. The molecule has 1 heterocycles. The van der Waals surface area contributed by atoms with Crippen LogP contribution in [0, 0.1) is 0 Å². The summed E-state index contributed by atoms with van der Waals surface area (Å²) in [6.07, 6.45) is 0.650. The minimum Gasteiger partial charge on any atom is -0.497 e. The Hall–Kier alpha value is -1.56. The molecular formula is C14H16BrNO4. The molecule has 2 rings (SSSR count). The largest absolute Gasteiger partial charge is 0.497 e. The number of carboxylic acid groups (broad SMARTS) is 1. The molecule has 1 saturated heterocycles. The molecule has 0 radical (unpaired) electrons. The average molecular weight is 342 g/mol. The molecule has 1 unspecified atom stereocenters. The number of methoxy groups -OCH3 is 1. The van der Waals surface area contributed by atoms with E-state index in [9.17, 15) is 14.7 Å². The highest BCUT2D eigenvalue weighted by Crippen LogP contribution is 2.23. The molecule has 2 atom stereocenters. The maximum Gasteiger partial charge on any atom is 0.326 e. The SMILES string of the molecule is COc1ccc(C[C@@H](C(=O)O)N2CC(Br)CC2=O)cc1. The zero-order chi connectivity index (χ0) is 14.7. The van der Waals surface area contributed by atoms with Gasteiger partial charge in [0.05, 0.1) is 7.11 Å². The van der Waals surface area contributed by atoms with E-state index >= 15 is 0 Å². The van der Waals surface area contributed by atoms with Gasteiger partial charge in [0.1, 0.15) is 11.8 Å². The topological polar surface area (TPSA) is 66.8 Å². The number of hydrogen-bond donors (Lipinski definition) is 1. The third kappa shape index (κ3) is 3.30. The summed E-state index contributed by atoms with van der Waals surface area (Å²) >= 11 is 3.37. The van der Waals surface area contributed by atoms with Crippen LogP contribution in [-0.2, 0) is 16.0 Å². The number of benzene rings is 1. The van der Waals surface area contributed by atoms with Gasteiger partial charge in [-0.3, -0.25) is 4.79 Å². The van der Waals surface area contributed by atoms with E-state index in [0.29, 0.717) is 19.4 Å². The zero-order valence-corrected chi connectivity index (χ0v) is 12.7. The molecule has 0 bridgehead atoms. The van der Waals surface area contributed by atoms with E-state index in [2.05, 4.69) is 15.9 Å². The molecule has 1 aromatic carbocycles. The fraction of sp³-hybridized carbons (Fsp3) is 0.429. The molecule has 1 aliphatic heterocycles. The molecule has 0 aromatic heterocycles. The Balaban J connectivity index is 2.13. The van der Waals surface area contributed by atoms with E-state index < -0.39 is 12.0 Å². The van der Waals surface area contributed by atoms with Gasteiger partial charge in [-0.1, -0.05) is 28.1 Å². The number of hydrogen-bond acceptors (Lipinski definition) is 3. The lowest BCUT2D eigenvalue weighted by Gasteiger charge is -2.24. The number of halogens is 1. The molecule has 0 saturated carbocycles. The Bertz CT molecular complexity index is 502. The van der Waals surface area contributed by atoms with Crippen LogP contribution >= 0.6 is 15.9 Å². The van der Waals surface area contributed by atoms with Crippen LogP contribution < -0.4 is 4.74 Å². The van der Waals surface area contributed by atoms with Crippen molar-refractivity contribution < 1.29 is 19.4 Å². The van der Waals surface area contributed by atoms with Crippen LogP contribution in [-0.4, -0.2) is 46.4 Å². The van der Waals surface area contributed by atoms with Gasteiger partial charge < -0.3 is 14.7 Å². The number of amides is 1. The Morgan fingerprint density at radius 2 is 2.15 bits per heavy atom. The monoisotopic (exact) mass is 341 g/mol.